The minimum atomic E-state index is -0.559. The molecule has 4 heteroatoms. The molecular weight excluding hydrogens is 222 g/mol. The summed E-state index contributed by atoms with van der Waals surface area (Å²) in [7, 11) is 1.36. The van der Waals surface area contributed by atoms with Crippen molar-refractivity contribution >= 4 is 17.3 Å². The Kier molecular flexibility index (Phi) is 4.10. The van der Waals surface area contributed by atoms with Crippen molar-refractivity contribution in [3.8, 4) is 0 Å². The summed E-state index contributed by atoms with van der Waals surface area (Å²) in [5.41, 5.74) is 5.86. The van der Waals surface area contributed by atoms with Crippen LogP contribution >= 0.6 is 11.3 Å². The van der Waals surface area contributed by atoms with Crippen molar-refractivity contribution in [1.29, 1.82) is 0 Å². The van der Waals surface area contributed by atoms with Gasteiger partial charge in [0.1, 0.15) is 6.04 Å². The first kappa shape index (κ1) is 13.2. The van der Waals surface area contributed by atoms with Crippen LogP contribution in [0.15, 0.2) is 12.1 Å². The normalized spacial score (nSPS) is 13.6. The molecule has 1 unspecified atom stereocenters. The van der Waals surface area contributed by atoms with E-state index in [4.69, 9.17) is 5.73 Å². The molecule has 0 aliphatic heterocycles. The van der Waals surface area contributed by atoms with Gasteiger partial charge in [-0.15, -0.1) is 11.3 Å². The third-order valence-electron chi connectivity index (χ3n) is 2.33. The van der Waals surface area contributed by atoms with Gasteiger partial charge in [-0.25, -0.2) is 0 Å². The molecule has 1 aromatic heterocycles. The van der Waals surface area contributed by atoms with Gasteiger partial charge in [-0.1, -0.05) is 20.8 Å². The van der Waals surface area contributed by atoms with E-state index < -0.39 is 6.04 Å². The van der Waals surface area contributed by atoms with Crippen LogP contribution in [0.5, 0.6) is 0 Å². The quantitative estimate of drug-likeness (QED) is 0.824. The Morgan fingerprint density at radius 3 is 2.56 bits per heavy atom. The van der Waals surface area contributed by atoms with Crippen LogP contribution in [0.25, 0.3) is 0 Å². The zero-order chi connectivity index (χ0) is 12.3. The fourth-order valence-electron chi connectivity index (χ4n) is 1.34. The van der Waals surface area contributed by atoms with E-state index in [9.17, 15) is 4.79 Å². The number of carbonyl (C=O) groups is 1. The number of nitrogens with two attached hydrogens (primary N) is 1. The lowest BCUT2D eigenvalue weighted by molar-refractivity contribution is -0.142. The van der Waals surface area contributed by atoms with Crippen LogP contribution in [-0.4, -0.2) is 19.1 Å². The zero-order valence-electron chi connectivity index (χ0n) is 10.2. The highest BCUT2D eigenvalue weighted by atomic mass is 32.1. The molecule has 0 saturated heterocycles. The van der Waals surface area contributed by atoms with E-state index >= 15 is 0 Å². The average molecular weight is 241 g/mol. The molecule has 0 fully saturated rings. The molecule has 1 atom stereocenters. The minimum Gasteiger partial charge on any atom is -0.468 e. The van der Waals surface area contributed by atoms with E-state index in [2.05, 4.69) is 31.6 Å². The lowest BCUT2D eigenvalue weighted by Gasteiger charge is -2.15. The van der Waals surface area contributed by atoms with E-state index in [0.717, 1.165) is 4.88 Å². The monoisotopic (exact) mass is 241 g/mol. The molecule has 1 heterocycles. The van der Waals surface area contributed by atoms with E-state index in [-0.39, 0.29) is 11.4 Å². The van der Waals surface area contributed by atoms with Crippen molar-refractivity contribution in [2.75, 3.05) is 7.11 Å². The second kappa shape index (κ2) is 4.97. The van der Waals surface area contributed by atoms with Gasteiger partial charge in [-0.05, 0) is 17.5 Å². The van der Waals surface area contributed by atoms with Gasteiger partial charge in [0, 0.05) is 16.2 Å². The molecule has 0 aliphatic carbocycles. The van der Waals surface area contributed by atoms with E-state index in [1.54, 1.807) is 11.3 Å². The van der Waals surface area contributed by atoms with Crippen molar-refractivity contribution in [3.05, 3.63) is 21.9 Å². The Morgan fingerprint density at radius 1 is 1.50 bits per heavy atom. The molecule has 1 rings (SSSR count). The third-order valence-corrected chi connectivity index (χ3v) is 3.86. The molecule has 90 valence electrons. The fraction of sp³-hybridized carbons (Fsp3) is 0.583. The van der Waals surface area contributed by atoms with Gasteiger partial charge in [0.25, 0.3) is 0 Å². The molecule has 0 aliphatic rings. The molecule has 0 radical (unpaired) electrons. The highest BCUT2D eigenvalue weighted by Gasteiger charge is 2.19. The first-order valence-corrected chi connectivity index (χ1v) is 6.09. The summed E-state index contributed by atoms with van der Waals surface area (Å²) in [5, 5.41) is 0. The van der Waals surface area contributed by atoms with Crippen LogP contribution < -0.4 is 5.73 Å². The maximum absolute atomic E-state index is 11.2. The van der Waals surface area contributed by atoms with Crippen LogP contribution in [-0.2, 0) is 21.4 Å². The number of methoxy groups -OCH3 is 1. The number of hydrogen-bond acceptors (Lipinski definition) is 4. The van der Waals surface area contributed by atoms with Crippen LogP contribution in [0, 0.1) is 0 Å². The number of hydrogen-bond donors (Lipinski definition) is 1. The molecule has 3 nitrogen and oxygen atoms in total. The molecule has 0 spiro atoms. The van der Waals surface area contributed by atoms with Crippen molar-refractivity contribution in [3.63, 3.8) is 0 Å². The van der Waals surface area contributed by atoms with Crippen molar-refractivity contribution < 1.29 is 9.53 Å². The Bertz CT molecular complexity index is 365. The predicted octanol–water partition coefficient (Wildman–Crippen LogP) is 2.09. The number of thiophene rings is 1. The maximum atomic E-state index is 11.2. The van der Waals surface area contributed by atoms with Crippen molar-refractivity contribution in [1.82, 2.24) is 0 Å². The summed E-state index contributed by atoms with van der Waals surface area (Å²) in [6.45, 7) is 6.51. The molecule has 0 saturated carbocycles. The third kappa shape index (κ3) is 3.32. The predicted molar refractivity (Wildman–Crippen MR) is 66.7 cm³/mol. The van der Waals surface area contributed by atoms with Crippen LogP contribution in [0.2, 0.25) is 0 Å². The lowest BCUT2D eigenvalue weighted by Crippen LogP contribution is -2.33. The first-order chi connectivity index (χ1) is 7.34. The molecule has 0 bridgehead atoms. The van der Waals surface area contributed by atoms with Gasteiger partial charge >= 0.3 is 5.97 Å². The Morgan fingerprint density at radius 2 is 2.12 bits per heavy atom. The Balaban J connectivity index is 2.69. The molecule has 16 heavy (non-hydrogen) atoms. The summed E-state index contributed by atoms with van der Waals surface area (Å²) in [6, 6.07) is 3.58. The highest BCUT2D eigenvalue weighted by Crippen LogP contribution is 2.29. The van der Waals surface area contributed by atoms with E-state index in [1.165, 1.54) is 12.0 Å². The zero-order valence-corrected chi connectivity index (χ0v) is 11.1. The van der Waals surface area contributed by atoms with Gasteiger partial charge < -0.3 is 10.5 Å². The lowest BCUT2D eigenvalue weighted by atomic mass is 9.95. The largest absolute Gasteiger partial charge is 0.468 e. The van der Waals surface area contributed by atoms with E-state index in [1.807, 2.05) is 6.07 Å². The summed E-state index contributed by atoms with van der Waals surface area (Å²) in [4.78, 5) is 13.6. The van der Waals surface area contributed by atoms with Crippen LogP contribution in [0.4, 0.5) is 0 Å². The average Bonchev–Trinajstić information content (AvgIpc) is 2.64. The first-order valence-electron chi connectivity index (χ1n) is 5.27. The van der Waals surface area contributed by atoms with Crippen molar-refractivity contribution in [2.24, 2.45) is 5.73 Å². The smallest absolute Gasteiger partial charge is 0.323 e. The SMILES string of the molecule is COC(=O)C(N)Cc1ccc(C(C)(C)C)s1. The van der Waals surface area contributed by atoms with Gasteiger partial charge in [-0.3, -0.25) is 4.79 Å². The summed E-state index contributed by atoms with van der Waals surface area (Å²) in [6.07, 6.45) is 0.549. The molecule has 1 aromatic rings. The minimum absolute atomic E-state index is 0.151. The highest BCUT2D eigenvalue weighted by molar-refractivity contribution is 7.12. The van der Waals surface area contributed by atoms with E-state index in [0.29, 0.717) is 6.42 Å². The molecule has 0 aromatic carbocycles. The Hall–Kier alpha value is -0.870. The van der Waals surface area contributed by atoms with Crippen LogP contribution in [0.3, 0.4) is 0 Å². The summed E-state index contributed by atoms with van der Waals surface area (Å²) < 4.78 is 4.60. The molecule has 2 N–H and O–H groups in total. The standard InChI is InChI=1S/C12H19NO2S/c1-12(2,3)10-6-5-8(16-10)7-9(13)11(14)15-4/h5-6,9H,7,13H2,1-4H3. The Labute approximate surface area is 101 Å². The van der Waals surface area contributed by atoms with Gasteiger partial charge in [0.05, 0.1) is 7.11 Å². The summed E-state index contributed by atoms with van der Waals surface area (Å²) >= 11 is 1.71. The number of carbonyl (C=O) groups excluding carboxylic acids is 1. The summed E-state index contributed by atoms with van der Waals surface area (Å²) in [5.74, 6) is -0.356. The fourth-order valence-corrected chi connectivity index (χ4v) is 2.47. The molecule has 0 amide bonds. The number of esters is 1. The second-order valence-electron chi connectivity index (χ2n) is 4.85. The maximum Gasteiger partial charge on any atom is 0.323 e. The number of rotatable bonds is 3. The second-order valence-corrected chi connectivity index (χ2v) is 6.02. The molecular formula is C12H19NO2S. The van der Waals surface area contributed by atoms with Crippen LogP contribution in [0.1, 0.15) is 30.5 Å². The number of ether oxygens (including phenoxy) is 1. The van der Waals surface area contributed by atoms with Gasteiger partial charge in [0.15, 0.2) is 0 Å². The van der Waals surface area contributed by atoms with Crippen molar-refractivity contribution in [2.45, 2.75) is 38.6 Å². The van der Waals surface area contributed by atoms with Gasteiger partial charge in [0.2, 0.25) is 0 Å². The topological polar surface area (TPSA) is 52.3 Å². The van der Waals surface area contributed by atoms with Gasteiger partial charge in [-0.2, -0.15) is 0 Å².